The Morgan fingerprint density at radius 2 is 1.75 bits per heavy atom. The Balaban J connectivity index is 2.88. The number of ether oxygens (including phenoxy) is 1. The zero-order valence-electron chi connectivity index (χ0n) is 7.61. The molecule has 1 aliphatic rings. The highest BCUT2D eigenvalue weighted by atomic mass is 16.5. The zero-order valence-corrected chi connectivity index (χ0v) is 7.61. The largest absolute Gasteiger partial charge is 0.388 e. The van der Waals surface area contributed by atoms with Gasteiger partial charge in [-0.25, -0.2) is 0 Å². The van der Waals surface area contributed by atoms with E-state index < -0.39 is 23.4 Å². The summed E-state index contributed by atoms with van der Waals surface area (Å²) >= 11 is 0. The quantitative estimate of drug-likeness (QED) is 0.455. The first kappa shape index (κ1) is 9.92. The maximum atomic E-state index is 9.81. The third-order valence-corrected chi connectivity index (χ3v) is 2.77. The lowest BCUT2D eigenvalue weighted by atomic mass is 9.78. The van der Waals surface area contributed by atoms with E-state index >= 15 is 0 Å². The predicted octanol–water partition coefficient (Wildman–Crippen LogP) is -0.732. The molecule has 1 heterocycles. The molecule has 1 rings (SSSR count). The van der Waals surface area contributed by atoms with Crippen molar-refractivity contribution >= 4 is 0 Å². The van der Waals surface area contributed by atoms with E-state index in [1.54, 1.807) is 13.8 Å². The van der Waals surface area contributed by atoms with Crippen LogP contribution in [0.5, 0.6) is 0 Å². The van der Waals surface area contributed by atoms with Gasteiger partial charge in [0.2, 0.25) is 0 Å². The van der Waals surface area contributed by atoms with Crippen LogP contribution in [0.4, 0.5) is 0 Å². The van der Waals surface area contributed by atoms with E-state index in [1.807, 2.05) is 0 Å². The van der Waals surface area contributed by atoms with Gasteiger partial charge in [-0.05, 0) is 20.8 Å². The van der Waals surface area contributed by atoms with Crippen molar-refractivity contribution in [2.45, 2.75) is 44.2 Å². The first-order valence-corrected chi connectivity index (χ1v) is 4.01. The summed E-state index contributed by atoms with van der Waals surface area (Å²) in [5.41, 5.74) is -2.24. The molecule has 3 atom stereocenters. The highest BCUT2D eigenvalue weighted by Gasteiger charge is 2.52. The average molecular weight is 176 g/mol. The molecule has 0 aromatic carbocycles. The van der Waals surface area contributed by atoms with Crippen LogP contribution in [-0.2, 0) is 4.74 Å². The van der Waals surface area contributed by atoms with Crippen molar-refractivity contribution in [1.82, 2.24) is 0 Å². The van der Waals surface area contributed by atoms with Crippen molar-refractivity contribution in [1.29, 1.82) is 0 Å². The lowest BCUT2D eigenvalue weighted by Gasteiger charge is -2.48. The molecule has 0 aliphatic carbocycles. The van der Waals surface area contributed by atoms with Gasteiger partial charge in [0.25, 0.3) is 0 Å². The summed E-state index contributed by atoms with van der Waals surface area (Å²) in [5.74, 6) is 0. The third kappa shape index (κ3) is 1.25. The maximum Gasteiger partial charge on any atom is 0.119 e. The van der Waals surface area contributed by atoms with Crippen LogP contribution in [0.15, 0.2) is 0 Å². The molecule has 0 amide bonds. The molecule has 0 unspecified atom stereocenters. The van der Waals surface area contributed by atoms with Crippen LogP contribution in [0.2, 0.25) is 0 Å². The lowest BCUT2D eigenvalue weighted by molar-refractivity contribution is -0.270. The fourth-order valence-electron chi connectivity index (χ4n) is 1.26. The van der Waals surface area contributed by atoms with Crippen molar-refractivity contribution in [3.8, 4) is 0 Å². The highest BCUT2D eigenvalue weighted by Crippen LogP contribution is 2.34. The predicted molar refractivity (Wildman–Crippen MR) is 42.7 cm³/mol. The molecule has 0 saturated carbocycles. The first-order valence-electron chi connectivity index (χ1n) is 4.01. The molecule has 0 bridgehead atoms. The third-order valence-electron chi connectivity index (χ3n) is 2.77. The minimum atomic E-state index is -1.41. The van der Waals surface area contributed by atoms with Crippen LogP contribution >= 0.6 is 0 Å². The van der Waals surface area contributed by atoms with E-state index in [1.165, 1.54) is 6.92 Å². The molecule has 1 saturated heterocycles. The van der Waals surface area contributed by atoms with Crippen molar-refractivity contribution < 1.29 is 20.1 Å². The molecule has 1 aliphatic heterocycles. The van der Waals surface area contributed by atoms with E-state index in [0.29, 0.717) is 0 Å². The fraction of sp³-hybridized carbons (Fsp3) is 1.00. The van der Waals surface area contributed by atoms with E-state index in [-0.39, 0.29) is 6.61 Å². The first-order chi connectivity index (χ1) is 5.29. The van der Waals surface area contributed by atoms with E-state index in [2.05, 4.69) is 0 Å². The van der Waals surface area contributed by atoms with Crippen molar-refractivity contribution in [3.63, 3.8) is 0 Å². The monoisotopic (exact) mass is 176 g/mol. The molecule has 12 heavy (non-hydrogen) atoms. The molecule has 0 aromatic rings. The Hall–Kier alpha value is -0.160. The van der Waals surface area contributed by atoms with Crippen molar-refractivity contribution in [2.75, 3.05) is 6.61 Å². The average Bonchev–Trinajstić information content (AvgIpc) is 1.96. The highest BCUT2D eigenvalue weighted by molar-refractivity contribution is 5.02. The Bertz CT molecular complexity index is 176. The summed E-state index contributed by atoms with van der Waals surface area (Å²) in [6.45, 7) is 4.88. The molecule has 0 spiro atoms. The SMILES string of the molecule is CC1(C)OC[C@@H](O)[C@@H](O)[C@@]1(C)O. The molecule has 4 heteroatoms. The molecule has 1 fully saturated rings. The normalized spacial score (nSPS) is 47.5. The number of hydrogen-bond acceptors (Lipinski definition) is 4. The Labute approximate surface area is 71.8 Å². The van der Waals surface area contributed by atoms with Gasteiger partial charge < -0.3 is 20.1 Å². The topological polar surface area (TPSA) is 69.9 Å². The van der Waals surface area contributed by atoms with Crippen LogP contribution in [0.25, 0.3) is 0 Å². The smallest absolute Gasteiger partial charge is 0.119 e. The maximum absolute atomic E-state index is 9.81. The second-order valence-electron chi connectivity index (χ2n) is 3.98. The van der Waals surface area contributed by atoms with Crippen LogP contribution < -0.4 is 0 Å². The Morgan fingerprint density at radius 3 is 2.17 bits per heavy atom. The summed E-state index contributed by atoms with van der Waals surface area (Å²) in [6.07, 6.45) is -2.16. The van der Waals surface area contributed by atoms with Gasteiger partial charge in [0.15, 0.2) is 0 Å². The number of hydrogen-bond donors (Lipinski definition) is 3. The Morgan fingerprint density at radius 1 is 1.25 bits per heavy atom. The van der Waals surface area contributed by atoms with Crippen LogP contribution in [0.1, 0.15) is 20.8 Å². The van der Waals surface area contributed by atoms with Gasteiger partial charge in [0.1, 0.15) is 17.8 Å². The fourth-order valence-corrected chi connectivity index (χ4v) is 1.26. The van der Waals surface area contributed by atoms with Crippen LogP contribution in [-0.4, -0.2) is 45.3 Å². The van der Waals surface area contributed by atoms with Gasteiger partial charge >= 0.3 is 0 Å². The molecule has 3 N–H and O–H groups in total. The molecule has 0 aromatic heterocycles. The molecule has 72 valence electrons. The van der Waals surface area contributed by atoms with Crippen LogP contribution in [0, 0.1) is 0 Å². The summed E-state index contributed by atoms with van der Waals surface area (Å²) in [6, 6.07) is 0. The van der Waals surface area contributed by atoms with E-state index in [9.17, 15) is 15.3 Å². The summed E-state index contributed by atoms with van der Waals surface area (Å²) in [7, 11) is 0. The number of aliphatic hydroxyl groups is 3. The Kier molecular flexibility index (Phi) is 2.21. The molecular weight excluding hydrogens is 160 g/mol. The number of rotatable bonds is 0. The summed E-state index contributed by atoms with van der Waals surface area (Å²) in [4.78, 5) is 0. The lowest BCUT2D eigenvalue weighted by Crippen LogP contribution is -2.66. The minimum absolute atomic E-state index is 0.0598. The second-order valence-corrected chi connectivity index (χ2v) is 3.98. The van der Waals surface area contributed by atoms with E-state index in [0.717, 1.165) is 0 Å². The van der Waals surface area contributed by atoms with Gasteiger partial charge in [-0.2, -0.15) is 0 Å². The molecule has 0 radical (unpaired) electrons. The zero-order chi connectivity index (χ0) is 9.57. The molecule has 4 nitrogen and oxygen atoms in total. The van der Waals surface area contributed by atoms with Gasteiger partial charge in [-0.1, -0.05) is 0 Å². The van der Waals surface area contributed by atoms with Crippen molar-refractivity contribution in [2.24, 2.45) is 0 Å². The van der Waals surface area contributed by atoms with Gasteiger partial charge in [0.05, 0.1) is 12.2 Å². The summed E-state index contributed by atoms with van der Waals surface area (Å²) < 4.78 is 5.20. The standard InChI is InChI=1S/C8H16O4/c1-7(2)8(3,11)6(10)5(9)4-12-7/h5-6,9-11H,4H2,1-3H3/t5-,6-,8-/m1/s1. The van der Waals surface area contributed by atoms with Gasteiger partial charge in [-0.3, -0.25) is 0 Å². The van der Waals surface area contributed by atoms with Gasteiger partial charge in [-0.15, -0.1) is 0 Å². The minimum Gasteiger partial charge on any atom is -0.388 e. The van der Waals surface area contributed by atoms with Gasteiger partial charge in [0, 0.05) is 0 Å². The number of aliphatic hydroxyl groups excluding tert-OH is 2. The van der Waals surface area contributed by atoms with E-state index in [4.69, 9.17) is 4.74 Å². The van der Waals surface area contributed by atoms with Crippen LogP contribution in [0.3, 0.4) is 0 Å². The molecular formula is C8H16O4. The second kappa shape index (κ2) is 2.67. The summed E-state index contributed by atoms with van der Waals surface area (Å²) in [5, 5.41) is 28.5. The van der Waals surface area contributed by atoms with Crippen molar-refractivity contribution in [3.05, 3.63) is 0 Å².